The summed E-state index contributed by atoms with van der Waals surface area (Å²) in [5.74, 6) is -0.199. The highest BCUT2D eigenvalue weighted by molar-refractivity contribution is 6.72. The largest absolute Gasteiger partial charge is 0.454 e. The second kappa shape index (κ2) is 14.8. The molecule has 3 aliphatic rings. The maximum Gasteiger partial charge on any atom is 0.266 e. The zero-order valence-electron chi connectivity index (χ0n) is 32.5. The molecule has 294 valence electrons. The van der Waals surface area contributed by atoms with Gasteiger partial charge < -0.3 is 23.6 Å². The third-order valence-electron chi connectivity index (χ3n) is 12.0. The molecule has 0 saturated carbocycles. The van der Waals surface area contributed by atoms with Crippen molar-refractivity contribution in [1.29, 1.82) is 0 Å². The van der Waals surface area contributed by atoms with Crippen molar-refractivity contribution >= 4 is 37.3 Å². The predicted octanol–water partition coefficient (Wildman–Crippen LogP) is 8.90. The highest BCUT2D eigenvalue weighted by Gasteiger charge is 2.66. The summed E-state index contributed by atoms with van der Waals surface area (Å²) in [6, 6.07) is 39.6. The van der Waals surface area contributed by atoms with Crippen molar-refractivity contribution in [3.8, 4) is 11.5 Å². The Labute approximate surface area is 337 Å². The molecule has 2 amide bonds. The average molecular weight is 794 g/mol. The number of benzene rings is 5. The fourth-order valence-electron chi connectivity index (χ4n) is 9.37. The monoisotopic (exact) mass is 793 g/mol. The van der Waals surface area contributed by atoms with Gasteiger partial charge in [-0.15, -0.1) is 5.10 Å². The molecular weight excluding hydrogens is 750 g/mol. The van der Waals surface area contributed by atoms with Gasteiger partial charge >= 0.3 is 0 Å². The Kier molecular flexibility index (Phi) is 9.58. The molecule has 12 heteroatoms. The molecular formula is C46H44FN5O5Si. The van der Waals surface area contributed by atoms with E-state index in [4.69, 9.17) is 9.47 Å². The minimum absolute atomic E-state index is 0.117. The Morgan fingerprint density at radius 3 is 2.34 bits per heavy atom. The molecule has 1 fully saturated rings. The number of aromatic nitrogens is 3. The van der Waals surface area contributed by atoms with Crippen molar-refractivity contribution in [2.75, 3.05) is 16.4 Å². The lowest BCUT2D eigenvalue weighted by atomic mass is 9.82. The van der Waals surface area contributed by atoms with Crippen LogP contribution >= 0.6 is 0 Å². The summed E-state index contributed by atoms with van der Waals surface area (Å²) in [5, 5.41) is 18.9. The number of carbonyl (C=O) groups excluding carboxylic acids is 2. The third kappa shape index (κ3) is 6.32. The molecule has 1 spiro atoms. The van der Waals surface area contributed by atoms with Crippen LogP contribution in [0.5, 0.6) is 11.5 Å². The van der Waals surface area contributed by atoms with Crippen molar-refractivity contribution in [1.82, 2.24) is 15.0 Å². The number of amides is 2. The number of nitrogens with zero attached hydrogens (tertiary/aromatic N) is 5. The number of hydrogen-bond donors (Lipinski definition) is 1. The van der Waals surface area contributed by atoms with Crippen LogP contribution in [0.2, 0.25) is 18.6 Å². The highest BCUT2D eigenvalue weighted by atomic mass is 28.4. The summed E-state index contributed by atoms with van der Waals surface area (Å²) >= 11 is 0. The number of anilines is 3. The van der Waals surface area contributed by atoms with E-state index in [1.807, 2.05) is 128 Å². The smallest absolute Gasteiger partial charge is 0.266 e. The van der Waals surface area contributed by atoms with Gasteiger partial charge in [0, 0.05) is 35.5 Å². The minimum Gasteiger partial charge on any atom is -0.454 e. The Balaban J connectivity index is 1.01. The zero-order valence-corrected chi connectivity index (χ0v) is 33.5. The number of halogens is 1. The van der Waals surface area contributed by atoms with E-state index in [0.717, 1.165) is 22.4 Å². The molecule has 0 bridgehead atoms. The van der Waals surface area contributed by atoms with E-state index in [0.29, 0.717) is 47.1 Å². The summed E-state index contributed by atoms with van der Waals surface area (Å²) < 4.78 is 31.5. The van der Waals surface area contributed by atoms with Gasteiger partial charge in [0.05, 0.1) is 47.8 Å². The number of ether oxygens (including phenoxy) is 2. The van der Waals surface area contributed by atoms with Crippen molar-refractivity contribution in [2.45, 2.75) is 62.7 Å². The fourth-order valence-corrected chi connectivity index (χ4v) is 11.9. The molecule has 9 rings (SSSR count). The van der Waals surface area contributed by atoms with Crippen LogP contribution in [-0.2, 0) is 28.2 Å². The van der Waals surface area contributed by atoms with Gasteiger partial charge in [-0.25, -0.2) is 0 Å². The van der Waals surface area contributed by atoms with E-state index in [-0.39, 0.29) is 30.9 Å². The van der Waals surface area contributed by atoms with Gasteiger partial charge in [-0.1, -0.05) is 97.1 Å². The Morgan fingerprint density at radius 1 is 0.862 bits per heavy atom. The first-order chi connectivity index (χ1) is 28.1. The first-order valence-electron chi connectivity index (χ1n) is 19.7. The molecule has 58 heavy (non-hydrogen) atoms. The first kappa shape index (κ1) is 37.6. The number of para-hydroxylation sites is 4. The second-order valence-corrected chi connectivity index (χ2v) is 19.7. The van der Waals surface area contributed by atoms with Crippen LogP contribution in [0.1, 0.15) is 52.0 Å². The number of aryl methyl sites for hydroxylation is 1. The van der Waals surface area contributed by atoms with Crippen LogP contribution in [0.3, 0.4) is 0 Å². The molecule has 10 nitrogen and oxygen atoms in total. The lowest BCUT2D eigenvalue weighted by Crippen LogP contribution is -2.45. The van der Waals surface area contributed by atoms with Crippen LogP contribution in [-0.4, -0.2) is 53.0 Å². The number of hydrogen-bond acceptors (Lipinski definition) is 7. The van der Waals surface area contributed by atoms with Gasteiger partial charge in [0.2, 0.25) is 8.41 Å². The fraction of sp³-hybridized carbons (Fsp3) is 0.261. The van der Waals surface area contributed by atoms with Gasteiger partial charge in [0.25, 0.3) is 11.8 Å². The molecule has 1 N–H and O–H groups in total. The van der Waals surface area contributed by atoms with Gasteiger partial charge in [0.15, 0.2) is 11.4 Å². The Morgan fingerprint density at radius 2 is 1.57 bits per heavy atom. The average Bonchev–Trinajstić information content (AvgIpc) is 3.86. The lowest BCUT2D eigenvalue weighted by molar-refractivity contribution is -0.146. The number of carbonyl (C=O) groups is 2. The van der Waals surface area contributed by atoms with Gasteiger partial charge in [-0.3, -0.25) is 19.2 Å². The molecule has 0 aliphatic carbocycles. The number of aliphatic hydroxyl groups is 1. The maximum absolute atomic E-state index is 16.6. The van der Waals surface area contributed by atoms with Crippen LogP contribution in [0, 0.1) is 5.92 Å². The second-order valence-electron chi connectivity index (χ2n) is 15.9. The Bertz CT molecular complexity index is 2510. The van der Waals surface area contributed by atoms with Crippen molar-refractivity contribution in [3.05, 3.63) is 162 Å². The quantitative estimate of drug-likeness (QED) is 0.109. The lowest BCUT2D eigenvalue weighted by Gasteiger charge is -2.31. The number of fused-ring (bicyclic) bond motifs is 4. The van der Waals surface area contributed by atoms with Crippen LogP contribution in [0.15, 0.2) is 134 Å². The van der Waals surface area contributed by atoms with E-state index in [9.17, 15) is 9.90 Å². The van der Waals surface area contributed by atoms with E-state index < -0.39 is 31.6 Å². The van der Waals surface area contributed by atoms with Crippen LogP contribution in [0.4, 0.5) is 21.2 Å². The zero-order chi connectivity index (χ0) is 40.2. The molecule has 6 aromatic rings. The summed E-state index contributed by atoms with van der Waals surface area (Å²) in [6.45, 7) is 5.84. The van der Waals surface area contributed by atoms with Crippen molar-refractivity contribution < 1.29 is 28.3 Å². The maximum atomic E-state index is 16.6. The molecule has 5 atom stereocenters. The third-order valence-corrected chi connectivity index (χ3v) is 14.4. The van der Waals surface area contributed by atoms with E-state index in [1.165, 1.54) is 0 Å². The van der Waals surface area contributed by atoms with Crippen molar-refractivity contribution in [3.63, 3.8) is 0 Å². The normalized spacial score (nSPS) is 21.7. The molecule has 1 saturated heterocycles. The van der Waals surface area contributed by atoms with Gasteiger partial charge in [0.1, 0.15) is 5.75 Å². The molecule has 4 heterocycles. The van der Waals surface area contributed by atoms with Gasteiger partial charge in [-0.2, -0.15) is 0 Å². The van der Waals surface area contributed by atoms with Crippen molar-refractivity contribution in [2.24, 2.45) is 5.92 Å². The van der Waals surface area contributed by atoms with E-state index in [1.54, 1.807) is 39.7 Å². The number of aliphatic hydroxyl groups excluding tert-OH is 1. The molecule has 0 radical (unpaired) electrons. The summed E-state index contributed by atoms with van der Waals surface area (Å²) in [4.78, 5) is 32.7. The summed E-state index contributed by atoms with van der Waals surface area (Å²) in [5.41, 5.74) is 3.65. The molecule has 5 aromatic carbocycles. The van der Waals surface area contributed by atoms with Gasteiger partial charge in [-0.05, 0) is 73.1 Å². The first-order valence-corrected chi connectivity index (χ1v) is 22.7. The SMILES string of the molecule is C[C@@H]1[C@@H]([Si](C)(C)F)[C@H](CCn2cc(C(CO)c3ccccc3)nn2)O[C@@]12C(=O)N(Cc1cccc(N3C(=O)c4ccccc4Oc4ccccc43)c1)c1ccccc12. The molecule has 3 aliphatic heterocycles. The Hall–Kier alpha value is -5.95. The van der Waals surface area contributed by atoms with Crippen LogP contribution < -0.4 is 14.5 Å². The summed E-state index contributed by atoms with van der Waals surface area (Å²) in [6.07, 6.45) is 1.69. The minimum atomic E-state index is -3.40. The molecule has 1 unspecified atom stereocenters. The topological polar surface area (TPSA) is 110 Å². The molecule has 1 aromatic heterocycles. The standard InChI is InChI=1S/C46H44FN5O5Si/c1-30-43(58(2,3)47)42(24-25-50-28-37(48-49-50)35(29-53)32-15-5-4-6-16-32)57-46(30)36-19-8-9-20-38(36)51(45(46)55)27-31-14-13-17-33(26-31)52-39-21-10-12-23-41(39)56-40-22-11-7-18-34(40)44(52)54/h4-23,26,28,30,35,42-43,53H,24-25,27,29H2,1-3H3/t30-,35?,42+,43-,46+/m1/s1. The summed E-state index contributed by atoms with van der Waals surface area (Å²) in [7, 11) is -3.40. The van der Waals surface area contributed by atoms with E-state index >= 15 is 8.90 Å². The van der Waals surface area contributed by atoms with Crippen LogP contribution in [0.25, 0.3) is 0 Å². The number of rotatable bonds is 10. The predicted molar refractivity (Wildman–Crippen MR) is 222 cm³/mol. The highest BCUT2D eigenvalue weighted by Crippen LogP contribution is 2.60. The van der Waals surface area contributed by atoms with E-state index in [2.05, 4.69) is 10.3 Å².